The Morgan fingerprint density at radius 1 is 1.11 bits per heavy atom. The van der Waals surface area contributed by atoms with E-state index in [4.69, 9.17) is 4.74 Å². The monoisotopic (exact) mass is 497 g/mol. The molecular formula is C25H31N5O4S. The third-order valence-electron chi connectivity index (χ3n) is 5.97. The number of anilines is 1. The van der Waals surface area contributed by atoms with Crippen LogP contribution in [0.2, 0.25) is 0 Å². The van der Waals surface area contributed by atoms with E-state index in [1.807, 2.05) is 35.0 Å². The van der Waals surface area contributed by atoms with Gasteiger partial charge in [0, 0.05) is 56.4 Å². The lowest BCUT2D eigenvalue weighted by Crippen LogP contribution is -2.29. The second-order valence-electron chi connectivity index (χ2n) is 8.47. The first-order chi connectivity index (χ1) is 17.0. The molecule has 4 rings (SSSR count). The van der Waals surface area contributed by atoms with Gasteiger partial charge in [-0.2, -0.15) is 4.31 Å². The largest absolute Gasteiger partial charge is 0.497 e. The number of hydrogen-bond acceptors (Lipinski definition) is 6. The number of imidazole rings is 1. The fraction of sp³-hybridized carbons (Fsp3) is 0.360. The van der Waals surface area contributed by atoms with E-state index >= 15 is 0 Å². The van der Waals surface area contributed by atoms with E-state index in [1.54, 1.807) is 31.8 Å². The highest BCUT2D eigenvalue weighted by Crippen LogP contribution is 2.25. The van der Waals surface area contributed by atoms with Crippen LogP contribution in [-0.4, -0.2) is 54.9 Å². The highest BCUT2D eigenvalue weighted by atomic mass is 32.2. The number of sulfonamides is 1. The number of aryl methyl sites for hydroxylation is 1. The van der Waals surface area contributed by atoms with E-state index in [1.165, 1.54) is 10.4 Å². The molecule has 186 valence electrons. The smallest absolute Gasteiger partial charge is 0.251 e. The van der Waals surface area contributed by atoms with Crippen LogP contribution < -0.4 is 15.4 Å². The number of ether oxygens (including phenoxy) is 1. The first-order valence-electron chi connectivity index (χ1n) is 11.7. The average Bonchev–Trinajstić information content (AvgIpc) is 3.60. The van der Waals surface area contributed by atoms with E-state index in [0.29, 0.717) is 37.4 Å². The molecule has 0 unspecified atom stereocenters. The van der Waals surface area contributed by atoms with Crippen LogP contribution in [0.15, 0.2) is 66.1 Å². The van der Waals surface area contributed by atoms with Crippen molar-refractivity contribution in [2.75, 3.05) is 32.1 Å². The molecule has 0 spiro atoms. The Morgan fingerprint density at radius 2 is 1.89 bits per heavy atom. The minimum atomic E-state index is -3.68. The third kappa shape index (κ3) is 6.40. The van der Waals surface area contributed by atoms with E-state index in [0.717, 1.165) is 37.1 Å². The number of methoxy groups -OCH3 is 1. The van der Waals surface area contributed by atoms with Crippen molar-refractivity contribution in [3.63, 3.8) is 0 Å². The van der Waals surface area contributed by atoms with Crippen molar-refractivity contribution in [1.82, 2.24) is 19.2 Å². The molecule has 0 bridgehead atoms. The van der Waals surface area contributed by atoms with Crippen LogP contribution in [0.5, 0.6) is 5.75 Å². The molecule has 2 heterocycles. The molecule has 0 radical (unpaired) electrons. The van der Waals surface area contributed by atoms with Crippen molar-refractivity contribution in [3.05, 3.63) is 72.3 Å². The summed E-state index contributed by atoms with van der Waals surface area (Å²) in [6.45, 7) is 2.68. The summed E-state index contributed by atoms with van der Waals surface area (Å²) in [6.07, 6.45) is 7.74. The molecule has 1 aliphatic rings. The van der Waals surface area contributed by atoms with Gasteiger partial charge in [-0.15, -0.1) is 0 Å². The molecule has 1 aliphatic heterocycles. The second-order valence-corrected chi connectivity index (χ2v) is 10.4. The molecule has 1 fully saturated rings. The second kappa shape index (κ2) is 11.4. The third-order valence-corrected chi connectivity index (χ3v) is 7.84. The van der Waals surface area contributed by atoms with Gasteiger partial charge in [-0.1, -0.05) is 12.1 Å². The Bertz CT molecular complexity index is 1220. The van der Waals surface area contributed by atoms with Crippen molar-refractivity contribution >= 4 is 21.6 Å². The Labute approximate surface area is 206 Å². The molecule has 9 nitrogen and oxygen atoms in total. The molecule has 1 amide bonds. The summed E-state index contributed by atoms with van der Waals surface area (Å²) in [5, 5.41) is 6.17. The van der Waals surface area contributed by atoms with Crippen molar-refractivity contribution in [2.45, 2.75) is 37.2 Å². The number of nitrogens with one attached hydrogen (secondary N) is 2. The first-order valence-corrected chi connectivity index (χ1v) is 13.2. The summed E-state index contributed by atoms with van der Waals surface area (Å²) < 4.78 is 35.1. The van der Waals surface area contributed by atoms with Gasteiger partial charge >= 0.3 is 0 Å². The predicted octanol–water partition coefficient (Wildman–Crippen LogP) is 3.11. The summed E-state index contributed by atoms with van der Waals surface area (Å²) in [5.41, 5.74) is 1.89. The minimum absolute atomic E-state index is 0.127. The number of carbonyl (C=O) groups is 1. The van der Waals surface area contributed by atoms with Crippen LogP contribution in [0, 0.1) is 0 Å². The van der Waals surface area contributed by atoms with Gasteiger partial charge in [-0.3, -0.25) is 4.79 Å². The van der Waals surface area contributed by atoms with Crippen LogP contribution in [0.25, 0.3) is 0 Å². The number of aromatic nitrogens is 2. The maximum atomic E-state index is 13.2. The fourth-order valence-corrected chi connectivity index (χ4v) is 5.58. The number of nitrogens with zero attached hydrogens (tertiary/aromatic N) is 3. The number of hydrogen-bond donors (Lipinski definition) is 2. The Hall–Kier alpha value is -3.37. The quantitative estimate of drug-likeness (QED) is 0.395. The molecule has 0 atom stereocenters. The van der Waals surface area contributed by atoms with Crippen molar-refractivity contribution in [3.8, 4) is 5.75 Å². The number of amides is 1. The van der Waals surface area contributed by atoms with Crippen LogP contribution in [-0.2, 0) is 23.1 Å². The predicted molar refractivity (Wildman–Crippen MR) is 134 cm³/mol. The highest BCUT2D eigenvalue weighted by molar-refractivity contribution is 7.89. The van der Waals surface area contributed by atoms with Gasteiger partial charge in [-0.25, -0.2) is 13.4 Å². The number of carbonyl (C=O) groups excluding carboxylic acids is 1. The van der Waals surface area contributed by atoms with Gasteiger partial charge in [0.15, 0.2) is 0 Å². The summed E-state index contributed by atoms with van der Waals surface area (Å²) in [5.74, 6) is 0.459. The Balaban J connectivity index is 1.50. The van der Waals surface area contributed by atoms with E-state index in [9.17, 15) is 13.2 Å². The maximum absolute atomic E-state index is 13.2. The standard InChI is InChI=1S/C25H31N5O4S/c1-34-23-7-5-20(6-8-23)18-28-22-15-21(25(31)27-9-4-11-29-14-10-26-19-29)16-24(17-22)35(32,33)30-12-2-3-13-30/h5-8,10,14-17,19,28H,2-4,9,11-13,18H2,1H3,(H,27,31). The van der Waals surface area contributed by atoms with E-state index < -0.39 is 10.0 Å². The van der Waals surface area contributed by atoms with E-state index in [2.05, 4.69) is 15.6 Å². The topological polar surface area (TPSA) is 106 Å². The normalized spacial score (nSPS) is 14.1. The van der Waals surface area contributed by atoms with Gasteiger partial charge < -0.3 is 19.9 Å². The molecule has 1 saturated heterocycles. The van der Waals surface area contributed by atoms with Gasteiger partial charge in [0.05, 0.1) is 18.3 Å². The molecule has 10 heteroatoms. The average molecular weight is 498 g/mol. The molecule has 2 aromatic carbocycles. The van der Waals surface area contributed by atoms with Gasteiger partial charge in [0.25, 0.3) is 5.91 Å². The maximum Gasteiger partial charge on any atom is 0.251 e. The summed E-state index contributed by atoms with van der Waals surface area (Å²) in [6, 6.07) is 12.4. The van der Waals surface area contributed by atoms with Gasteiger partial charge in [0.2, 0.25) is 10.0 Å². The van der Waals surface area contributed by atoms with Crippen molar-refractivity contribution < 1.29 is 17.9 Å². The fourth-order valence-electron chi connectivity index (χ4n) is 3.99. The lowest BCUT2D eigenvalue weighted by atomic mass is 10.1. The van der Waals surface area contributed by atoms with Crippen molar-refractivity contribution in [1.29, 1.82) is 0 Å². The van der Waals surface area contributed by atoms with Gasteiger partial charge in [0.1, 0.15) is 5.75 Å². The lowest BCUT2D eigenvalue weighted by molar-refractivity contribution is 0.0952. The zero-order chi connectivity index (χ0) is 24.7. The van der Waals surface area contributed by atoms with Crippen LogP contribution >= 0.6 is 0 Å². The number of benzene rings is 2. The molecule has 1 aromatic heterocycles. The summed E-state index contributed by atoms with van der Waals surface area (Å²) in [7, 11) is -2.06. The molecule has 2 N–H and O–H groups in total. The van der Waals surface area contributed by atoms with E-state index in [-0.39, 0.29) is 10.8 Å². The SMILES string of the molecule is COc1ccc(CNc2cc(C(=O)NCCCn3ccnc3)cc(S(=O)(=O)N3CCCC3)c2)cc1. The Morgan fingerprint density at radius 3 is 2.57 bits per heavy atom. The summed E-state index contributed by atoms with van der Waals surface area (Å²) >= 11 is 0. The molecular weight excluding hydrogens is 466 g/mol. The van der Waals surface area contributed by atoms with Crippen LogP contribution in [0.4, 0.5) is 5.69 Å². The zero-order valence-electron chi connectivity index (χ0n) is 19.8. The highest BCUT2D eigenvalue weighted by Gasteiger charge is 2.28. The van der Waals surface area contributed by atoms with Crippen molar-refractivity contribution in [2.24, 2.45) is 0 Å². The molecule has 0 saturated carbocycles. The molecule has 3 aromatic rings. The lowest BCUT2D eigenvalue weighted by Gasteiger charge is -2.18. The molecule has 35 heavy (non-hydrogen) atoms. The van der Waals surface area contributed by atoms with Gasteiger partial charge in [-0.05, 0) is 55.2 Å². The molecule has 0 aliphatic carbocycles. The Kier molecular flexibility index (Phi) is 8.04. The summed E-state index contributed by atoms with van der Waals surface area (Å²) in [4.78, 5) is 17.1. The van der Waals surface area contributed by atoms with Crippen LogP contribution in [0.1, 0.15) is 35.2 Å². The zero-order valence-corrected chi connectivity index (χ0v) is 20.6. The first kappa shape index (κ1) is 24.7. The van der Waals surface area contributed by atoms with Crippen LogP contribution in [0.3, 0.4) is 0 Å². The minimum Gasteiger partial charge on any atom is -0.497 e. The number of rotatable bonds is 11.